The predicted octanol–water partition coefficient (Wildman–Crippen LogP) is 0.590. The van der Waals surface area contributed by atoms with E-state index in [9.17, 15) is 0 Å². The molecule has 62 valence electrons. The summed E-state index contributed by atoms with van der Waals surface area (Å²) >= 11 is 0. The lowest BCUT2D eigenvalue weighted by Gasteiger charge is -2.30. The SMILES string of the molecule is COC(OC)C(C)(C)CN. The molecule has 0 fully saturated rings. The standard InChI is InChI=1S/C7H17NO2/c1-7(2,5-8)6(9-3)10-4/h6H,5,8H2,1-4H3. The maximum atomic E-state index is 5.50. The number of methoxy groups -OCH3 is 2. The van der Waals surface area contributed by atoms with E-state index in [1.54, 1.807) is 14.2 Å². The number of rotatable bonds is 4. The highest BCUT2D eigenvalue weighted by Crippen LogP contribution is 2.21. The molecule has 0 aromatic heterocycles. The molecule has 0 rings (SSSR count). The van der Waals surface area contributed by atoms with Gasteiger partial charge < -0.3 is 15.2 Å². The van der Waals surface area contributed by atoms with Crippen LogP contribution in [-0.2, 0) is 9.47 Å². The minimum absolute atomic E-state index is 0.108. The predicted molar refractivity (Wildman–Crippen MR) is 40.6 cm³/mol. The lowest BCUT2D eigenvalue weighted by atomic mass is 9.93. The molecule has 0 bridgehead atoms. The van der Waals surface area contributed by atoms with Crippen molar-refractivity contribution in [2.45, 2.75) is 20.1 Å². The topological polar surface area (TPSA) is 44.5 Å². The number of nitrogens with two attached hydrogens (primary N) is 1. The number of hydrogen-bond donors (Lipinski definition) is 1. The Labute approximate surface area is 62.5 Å². The summed E-state index contributed by atoms with van der Waals surface area (Å²) in [6.07, 6.45) is -0.211. The molecule has 0 radical (unpaired) electrons. The van der Waals surface area contributed by atoms with Gasteiger partial charge >= 0.3 is 0 Å². The van der Waals surface area contributed by atoms with Crippen LogP contribution in [0.1, 0.15) is 13.8 Å². The summed E-state index contributed by atoms with van der Waals surface area (Å²) in [5.74, 6) is 0. The largest absolute Gasteiger partial charge is 0.355 e. The van der Waals surface area contributed by atoms with E-state index in [4.69, 9.17) is 15.2 Å². The van der Waals surface area contributed by atoms with Gasteiger partial charge in [0.15, 0.2) is 6.29 Å². The second-order valence-corrected chi connectivity index (χ2v) is 3.00. The van der Waals surface area contributed by atoms with E-state index >= 15 is 0 Å². The molecule has 3 nitrogen and oxygen atoms in total. The first-order chi connectivity index (χ1) is 4.58. The Hall–Kier alpha value is -0.120. The lowest BCUT2D eigenvalue weighted by molar-refractivity contribution is -0.164. The minimum Gasteiger partial charge on any atom is -0.355 e. The molecule has 0 aliphatic rings. The molecule has 0 unspecified atom stereocenters. The second-order valence-electron chi connectivity index (χ2n) is 3.00. The second kappa shape index (κ2) is 3.91. The van der Waals surface area contributed by atoms with E-state index in [1.807, 2.05) is 13.8 Å². The number of ether oxygens (including phenoxy) is 2. The van der Waals surface area contributed by atoms with E-state index in [0.29, 0.717) is 6.54 Å². The van der Waals surface area contributed by atoms with Crippen LogP contribution in [0.2, 0.25) is 0 Å². The molecular formula is C7H17NO2. The van der Waals surface area contributed by atoms with Crippen LogP contribution in [0.4, 0.5) is 0 Å². The molecule has 0 heterocycles. The molecule has 0 aromatic rings. The Kier molecular flexibility index (Phi) is 3.86. The Balaban J connectivity index is 3.97. The first-order valence-corrected chi connectivity index (χ1v) is 3.34. The summed E-state index contributed by atoms with van der Waals surface area (Å²) in [5.41, 5.74) is 5.39. The van der Waals surface area contributed by atoms with Crippen LogP contribution in [0.25, 0.3) is 0 Å². The van der Waals surface area contributed by atoms with Crippen molar-refractivity contribution in [2.24, 2.45) is 11.1 Å². The van der Waals surface area contributed by atoms with Gasteiger partial charge in [0.1, 0.15) is 0 Å². The van der Waals surface area contributed by atoms with Crippen LogP contribution < -0.4 is 5.73 Å². The van der Waals surface area contributed by atoms with E-state index in [1.165, 1.54) is 0 Å². The van der Waals surface area contributed by atoms with Crippen molar-refractivity contribution in [1.82, 2.24) is 0 Å². The molecular weight excluding hydrogens is 130 g/mol. The van der Waals surface area contributed by atoms with Crippen molar-refractivity contribution in [3.8, 4) is 0 Å². The van der Waals surface area contributed by atoms with Crippen LogP contribution in [0.5, 0.6) is 0 Å². The van der Waals surface area contributed by atoms with Crippen LogP contribution in [0.15, 0.2) is 0 Å². The summed E-state index contributed by atoms with van der Waals surface area (Å²) in [6, 6.07) is 0. The molecule has 0 saturated heterocycles. The highest BCUT2D eigenvalue weighted by molar-refractivity contribution is 4.72. The van der Waals surface area contributed by atoms with Crippen molar-refractivity contribution in [1.29, 1.82) is 0 Å². The summed E-state index contributed by atoms with van der Waals surface area (Å²) in [7, 11) is 3.23. The zero-order valence-electron chi connectivity index (χ0n) is 7.18. The summed E-state index contributed by atoms with van der Waals surface area (Å²) in [5, 5.41) is 0. The molecule has 0 amide bonds. The van der Waals surface area contributed by atoms with E-state index in [0.717, 1.165) is 0 Å². The van der Waals surface area contributed by atoms with Crippen molar-refractivity contribution in [2.75, 3.05) is 20.8 Å². The fraction of sp³-hybridized carbons (Fsp3) is 1.00. The van der Waals surface area contributed by atoms with Crippen molar-refractivity contribution in [3.05, 3.63) is 0 Å². The Morgan fingerprint density at radius 3 is 1.80 bits per heavy atom. The molecule has 0 spiro atoms. The van der Waals surface area contributed by atoms with Gasteiger partial charge in [-0.25, -0.2) is 0 Å². The molecule has 0 aliphatic carbocycles. The molecule has 0 atom stereocenters. The van der Waals surface area contributed by atoms with Crippen LogP contribution in [0.3, 0.4) is 0 Å². The Morgan fingerprint density at radius 1 is 1.30 bits per heavy atom. The maximum absolute atomic E-state index is 5.50. The fourth-order valence-electron chi connectivity index (χ4n) is 0.831. The van der Waals surface area contributed by atoms with Crippen molar-refractivity contribution >= 4 is 0 Å². The molecule has 0 aliphatic heterocycles. The van der Waals surface area contributed by atoms with Gasteiger partial charge in [-0.05, 0) is 0 Å². The zero-order valence-corrected chi connectivity index (χ0v) is 7.18. The highest BCUT2D eigenvalue weighted by Gasteiger charge is 2.27. The minimum atomic E-state index is -0.211. The molecule has 0 saturated carbocycles. The number of hydrogen-bond acceptors (Lipinski definition) is 3. The monoisotopic (exact) mass is 147 g/mol. The van der Waals surface area contributed by atoms with Gasteiger partial charge in [-0.1, -0.05) is 13.8 Å². The van der Waals surface area contributed by atoms with Crippen LogP contribution in [0, 0.1) is 5.41 Å². The first kappa shape index (κ1) is 9.88. The third-order valence-corrected chi connectivity index (χ3v) is 1.59. The summed E-state index contributed by atoms with van der Waals surface area (Å²) < 4.78 is 10.1. The summed E-state index contributed by atoms with van der Waals surface area (Å²) in [4.78, 5) is 0. The molecule has 10 heavy (non-hydrogen) atoms. The van der Waals surface area contributed by atoms with Crippen molar-refractivity contribution in [3.63, 3.8) is 0 Å². The third-order valence-electron chi connectivity index (χ3n) is 1.59. The average Bonchev–Trinajstić information content (AvgIpc) is 1.90. The van der Waals surface area contributed by atoms with Gasteiger partial charge in [-0.3, -0.25) is 0 Å². The molecule has 3 heteroatoms. The Morgan fingerprint density at radius 2 is 1.70 bits per heavy atom. The van der Waals surface area contributed by atoms with E-state index in [-0.39, 0.29) is 11.7 Å². The van der Waals surface area contributed by atoms with Gasteiger partial charge in [0.25, 0.3) is 0 Å². The van der Waals surface area contributed by atoms with Crippen molar-refractivity contribution < 1.29 is 9.47 Å². The van der Waals surface area contributed by atoms with E-state index in [2.05, 4.69) is 0 Å². The highest BCUT2D eigenvalue weighted by atomic mass is 16.7. The maximum Gasteiger partial charge on any atom is 0.163 e. The average molecular weight is 147 g/mol. The fourth-order valence-corrected chi connectivity index (χ4v) is 0.831. The first-order valence-electron chi connectivity index (χ1n) is 3.34. The van der Waals surface area contributed by atoms with Gasteiger partial charge in [-0.15, -0.1) is 0 Å². The van der Waals surface area contributed by atoms with Gasteiger partial charge in [-0.2, -0.15) is 0 Å². The lowest BCUT2D eigenvalue weighted by Crippen LogP contribution is -2.38. The normalized spacial score (nSPS) is 12.6. The third kappa shape index (κ3) is 2.25. The molecule has 2 N–H and O–H groups in total. The smallest absolute Gasteiger partial charge is 0.163 e. The van der Waals surface area contributed by atoms with Gasteiger partial charge in [0.05, 0.1) is 0 Å². The molecule has 0 aromatic carbocycles. The van der Waals surface area contributed by atoms with Gasteiger partial charge in [0, 0.05) is 26.2 Å². The van der Waals surface area contributed by atoms with Crippen LogP contribution in [-0.4, -0.2) is 27.1 Å². The zero-order chi connectivity index (χ0) is 8.20. The Bertz CT molecular complexity index is 89.6. The van der Waals surface area contributed by atoms with E-state index < -0.39 is 0 Å². The van der Waals surface area contributed by atoms with Gasteiger partial charge in [0.2, 0.25) is 0 Å². The summed E-state index contributed by atoms with van der Waals surface area (Å²) in [6.45, 7) is 4.56. The quantitative estimate of drug-likeness (QED) is 0.592. The van der Waals surface area contributed by atoms with Crippen LogP contribution >= 0.6 is 0 Å².